The Morgan fingerprint density at radius 1 is 1.08 bits per heavy atom. The molecule has 3 aliphatic rings. The van der Waals surface area contributed by atoms with Crippen molar-refractivity contribution in [1.82, 2.24) is 4.57 Å². The molecule has 2 heterocycles. The Kier molecular flexibility index (Phi) is 6.31. The number of hydrogen-bond donors (Lipinski definition) is 1. The van der Waals surface area contributed by atoms with Crippen LogP contribution in [0, 0.1) is 5.92 Å². The molecule has 5 rings (SSSR count). The largest absolute Gasteiger partial charge is 0.497 e. The predicted octanol–water partition coefficient (Wildman–Crippen LogP) is 6.47. The average molecular weight is 490 g/mol. The molecule has 1 saturated carbocycles. The third kappa shape index (κ3) is 4.49. The highest BCUT2D eigenvalue weighted by Gasteiger charge is 2.36. The van der Waals surface area contributed by atoms with Gasteiger partial charge in [-0.1, -0.05) is 37.5 Å². The molecule has 36 heavy (non-hydrogen) atoms. The van der Waals surface area contributed by atoms with Gasteiger partial charge in [0.1, 0.15) is 11.4 Å². The maximum Gasteiger partial charge on any atom is 0.338 e. The van der Waals surface area contributed by atoms with E-state index in [4.69, 9.17) is 9.47 Å². The molecule has 0 radical (unpaired) electrons. The van der Waals surface area contributed by atoms with Crippen LogP contribution in [0.4, 0.5) is 0 Å². The fourth-order valence-electron chi connectivity index (χ4n) is 6.04. The number of hydrogen-bond acceptors (Lipinski definition) is 4. The summed E-state index contributed by atoms with van der Waals surface area (Å²) in [6.45, 7) is 5.82. The van der Waals surface area contributed by atoms with Gasteiger partial charge in [-0.25, -0.2) is 9.59 Å². The van der Waals surface area contributed by atoms with Crippen LogP contribution in [-0.4, -0.2) is 34.3 Å². The highest BCUT2D eigenvalue weighted by Crippen LogP contribution is 2.47. The summed E-state index contributed by atoms with van der Waals surface area (Å²) in [5.41, 5.74) is 3.61. The summed E-state index contributed by atoms with van der Waals surface area (Å²) in [5.74, 6) is -0.256. The van der Waals surface area contributed by atoms with Crippen molar-refractivity contribution in [2.24, 2.45) is 5.92 Å². The van der Waals surface area contributed by atoms with E-state index in [9.17, 15) is 14.7 Å². The van der Waals surface area contributed by atoms with Gasteiger partial charge in [0.05, 0.1) is 24.8 Å². The van der Waals surface area contributed by atoms with Crippen molar-refractivity contribution in [3.05, 3.63) is 70.7 Å². The Balaban J connectivity index is 1.74. The zero-order chi connectivity index (χ0) is 25.6. The summed E-state index contributed by atoms with van der Waals surface area (Å²) in [6.07, 6.45) is 13.9. The molecule has 190 valence electrons. The number of fused-ring (bicyclic) bond motifs is 5. The Bertz CT molecular complexity index is 1300. The number of benzene rings is 1. The monoisotopic (exact) mass is 489 g/mol. The van der Waals surface area contributed by atoms with Gasteiger partial charge in [-0.05, 0) is 69.4 Å². The maximum absolute atomic E-state index is 12.9. The molecule has 2 aromatic rings. The minimum Gasteiger partial charge on any atom is -0.497 e. The summed E-state index contributed by atoms with van der Waals surface area (Å²) in [5, 5.41) is 11.2. The van der Waals surface area contributed by atoms with Crippen LogP contribution in [0.3, 0.4) is 0 Å². The van der Waals surface area contributed by atoms with Crippen molar-refractivity contribution in [2.75, 3.05) is 7.11 Å². The van der Waals surface area contributed by atoms with E-state index in [-0.39, 0.29) is 24.3 Å². The second-order valence-electron chi connectivity index (χ2n) is 11.2. The van der Waals surface area contributed by atoms with E-state index in [1.807, 2.05) is 57.2 Å². The Hall–Kier alpha value is -3.28. The lowest BCUT2D eigenvalue weighted by Crippen LogP contribution is -2.23. The van der Waals surface area contributed by atoms with E-state index in [1.165, 1.54) is 30.5 Å². The zero-order valence-corrected chi connectivity index (χ0v) is 21.5. The van der Waals surface area contributed by atoms with Crippen molar-refractivity contribution in [3.63, 3.8) is 0 Å². The Labute approximate surface area is 212 Å². The molecule has 1 aliphatic heterocycles. The number of ether oxygens (including phenoxy) is 2. The first-order valence-electron chi connectivity index (χ1n) is 12.9. The number of aromatic nitrogens is 1. The van der Waals surface area contributed by atoms with Crippen molar-refractivity contribution < 1.29 is 24.2 Å². The van der Waals surface area contributed by atoms with Gasteiger partial charge in [0.25, 0.3) is 0 Å². The fourth-order valence-corrected chi connectivity index (χ4v) is 6.04. The van der Waals surface area contributed by atoms with Crippen LogP contribution in [-0.2, 0) is 20.8 Å². The van der Waals surface area contributed by atoms with Crippen LogP contribution in [0.25, 0.3) is 10.9 Å². The normalized spacial score (nSPS) is 22.2. The lowest BCUT2D eigenvalue weighted by Gasteiger charge is -2.28. The van der Waals surface area contributed by atoms with Crippen LogP contribution in [0.1, 0.15) is 86.3 Å². The topological polar surface area (TPSA) is 77.8 Å². The van der Waals surface area contributed by atoms with E-state index in [1.54, 1.807) is 7.11 Å². The molecule has 2 unspecified atom stereocenters. The molecule has 0 spiro atoms. The van der Waals surface area contributed by atoms with Crippen molar-refractivity contribution in [1.29, 1.82) is 0 Å². The summed E-state index contributed by atoms with van der Waals surface area (Å²) < 4.78 is 13.3. The second kappa shape index (κ2) is 9.30. The number of carbonyl (C=O) groups excluding carboxylic acids is 1. The molecule has 6 heteroatoms. The lowest BCUT2D eigenvalue weighted by atomic mass is 9.77. The molecular weight excluding hydrogens is 454 g/mol. The van der Waals surface area contributed by atoms with E-state index < -0.39 is 11.6 Å². The highest BCUT2D eigenvalue weighted by molar-refractivity contribution is 5.97. The smallest absolute Gasteiger partial charge is 0.338 e. The predicted molar refractivity (Wildman–Crippen MR) is 139 cm³/mol. The van der Waals surface area contributed by atoms with Crippen LogP contribution in [0.5, 0.6) is 0 Å². The van der Waals surface area contributed by atoms with Gasteiger partial charge < -0.3 is 19.1 Å². The number of aliphatic carboxylic acids is 1. The van der Waals surface area contributed by atoms with E-state index in [0.29, 0.717) is 17.1 Å². The summed E-state index contributed by atoms with van der Waals surface area (Å²) in [4.78, 5) is 25.2. The summed E-state index contributed by atoms with van der Waals surface area (Å²) in [6, 6.07) is 5.79. The molecule has 0 bridgehead atoms. The molecule has 1 aromatic heterocycles. The summed E-state index contributed by atoms with van der Waals surface area (Å²) in [7, 11) is 1.64. The number of esters is 1. The van der Waals surface area contributed by atoms with Crippen LogP contribution >= 0.6 is 0 Å². The first-order chi connectivity index (χ1) is 17.2. The van der Waals surface area contributed by atoms with Gasteiger partial charge in [-0.3, -0.25) is 0 Å². The second-order valence-corrected chi connectivity index (χ2v) is 11.2. The first-order valence-corrected chi connectivity index (χ1v) is 12.9. The highest BCUT2D eigenvalue weighted by atomic mass is 16.6. The number of nitrogens with zero attached hydrogens (tertiary/aromatic N) is 1. The average Bonchev–Trinajstić information content (AvgIpc) is 3.05. The third-order valence-corrected chi connectivity index (χ3v) is 7.58. The fraction of sp³-hybridized carbons (Fsp3) is 0.467. The molecule has 1 N–H and O–H groups in total. The van der Waals surface area contributed by atoms with E-state index in [2.05, 4.69) is 10.6 Å². The zero-order valence-electron chi connectivity index (χ0n) is 21.5. The van der Waals surface area contributed by atoms with Gasteiger partial charge in [0, 0.05) is 28.4 Å². The van der Waals surface area contributed by atoms with E-state index >= 15 is 0 Å². The first kappa shape index (κ1) is 24.4. The minimum absolute atomic E-state index is 0.00458. The molecule has 0 amide bonds. The van der Waals surface area contributed by atoms with Gasteiger partial charge in [0.2, 0.25) is 0 Å². The molecule has 2 atom stereocenters. The molecule has 2 aliphatic carbocycles. The molecule has 6 nitrogen and oxygen atoms in total. The molecule has 1 fully saturated rings. The SMILES string of the molecule is COC1=CC2C=C(C(=O)O)Cn3c(c(C4CCCCC4)c4ccc(C(=O)OC(C)(C)C)cc43)C2C=C1. The number of allylic oxidation sites excluding steroid dienone is 4. The maximum atomic E-state index is 12.9. The number of carboxylic acid groups (broad SMARTS) is 1. The van der Waals surface area contributed by atoms with Crippen LogP contribution in [0.15, 0.2) is 53.8 Å². The number of rotatable bonds is 4. The van der Waals surface area contributed by atoms with Crippen molar-refractivity contribution in [3.8, 4) is 0 Å². The quantitative estimate of drug-likeness (QED) is 0.498. The van der Waals surface area contributed by atoms with Gasteiger partial charge in [-0.2, -0.15) is 0 Å². The van der Waals surface area contributed by atoms with Gasteiger partial charge >= 0.3 is 11.9 Å². The standard InChI is InChI=1S/C30H35NO5/c1-30(2,3)36-29(34)19-10-12-24-25(16-19)31-17-21(28(32)33)14-20-15-22(35-4)11-13-23(20)27(31)26(24)18-8-6-5-7-9-18/h10-16,18,20,23H,5-9,17H2,1-4H3,(H,32,33). The third-order valence-electron chi connectivity index (χ3n) is 7.58. The van der Waals surface area contributed by atoms with Crippen LogP contribution < -0.4 is 0 Å². The van der Waals surface area contributed by atoms with Crippen molar-refractivity contribution in [2.45, 2.75) is 76.9 Å². The molecule has 0 saturated heterocycles. The van der Waals surface area contributed by atoms with Gasteiger partial charge in [0.15, 0.2) is 0 Å². The minimum atomic E-state index is -0.923. The van der Waals surface area contributed by atoms with E-state index in [0.717, 1.165) is 29.5 Å². The van der Waals surface area contributed by atoms with Gasteiger partial charge in [-0.15, -0.1) is 0 Å². The Morgan fingerprint density at radius 2 is 1.83 bits per heavy atom. The number of carboxylic acids is 1. The van der Waals surface area contributed by atoms with Crippen molar-refractivity contribution >= 4 is 22.8 Å². The Morgan fingerprint density at radius 3 is 2.50 bits per heavy atom. The lowest BCUT2D eigenvalue weighted by molar-refractivity contribution is -0.132. The van der Waals surface area contributed by atoms with Crippen LogP contribution in [0.2, 0.25) is 0 Å². The number of methoxy groups -OCH3 is 1. The summed E-state index contributed by atoms with van der Waals surface area (Å²) >= 11 is 0. The molecular formula is C30H35NO5. The molecule has 1 aromatic carbocycles. The number of carbonyl (C=O) groups is 2.